The zero-order valence-corrected chi connectivity index (χ0v) is 17.0. The first kappa shape index (κ1) is 18.5. The number of ether oxygens (including phenoxy) is 1. The number of fused-ring (bicyclic) bond motifs is 1. The van der Waals surface area contributed by atoms with E-state index < -0.39 is 0 Å². The summed E-state index contributed by atoms with van der Waals surface area (Å²) in [4.78, 5) is 18.1. The summed E-state index contributed by atoms with van der Waals surface area (Å²) in [7, 11) is 0. The van der Waals surface area contributed by atoms with Crippen molar-refractivity contribution in [2.24, 2.45) is 4.99 Å². The van der Waals surface area contributed by atoms with Gasteiger partial charge in [-0.3, -0.25) is 4.79 Å². The van der Waals surface area contributed by atoms with Gasteiger partial charge in [-0.05, 0) is 43.5 Å². The molecule has 25 heavy (non-hydrogen) atoms. The zero-order chi connectivity index (χ0) is 17.8. The molecule has 3 rings (SSSR count). The summed E-state index contributed by atoms with van der Waals surface area (Å²) >= 11 is 10.4. The molecule has 0 saturated heterocycles. The third-order valence-electron chi connectivity index (χ3n) is 3.47. The Hall–Kier alpha value is -1.28. The van der Waals surface area contributed by atoms with Gasteiger partial charge in [-0.25, -0.2) is 0 Å². The Bertz CT molecular complexity index is 958. The van der Waals surface area contributed by atoms with Crippen LogP contribution in [0.25, 0.3) is 10.2 Å². The predicted octanol–water partition coefficient (Wildman–Crippen LogP) is 4.92. The van der Waals surface area contributed by atoms with Crippen LogP contribution in [-0.4, -0.2) is 29.1 Å². The zero-order valence-electron chi connectivity index (χ0n) is 13.8. The van der Waals surface area contributed by atoms with Gasteiger partial charge in [0.1, 0.15) is 5.75 Å². The van der Waals surface area contributed by atoms with Crippen molar-refractivity contribution < 1.29 is 9.53 Å². The van der Waals surface area contributed by atoms with Crippen molar-refractivity contribution in [1.82, 2.24) is 4.57 Å². The molecule has 2 heterocycles. The lowest BCUT2D eigenvalue weighted by molar-refractivity contribution is 0.100. The lowest BCUT2D eigenvalue weighted by Gasteiger charge is -2.05. The average Bonchev–Trinajstić information content (AvgIpc) is 3.16. The van der Waals surface area contributed by atoms with Crippen molar-refractivity contribution in [3.8, 4) is 5.75 Å². The molecule has 3 aromatic rings. The molecule has 0 saturated carbocycles. The van der Waals surface area contributed by atoms with E-state index >= 15 is 0 Å². The fourth-order valence-corrected chi connectivity index (χ4v) is 4.74. The Morgan fingerprint density at radius 1 is 1.32 bits per heavy atom. The van der Waals surface area contributed by atoms with Crippen LogP contribution in [0.1, 0.15) is 16.6 Å². The number of aromatic nitrogens is 1. The van der Waals surface area contributed by atoms with Crippen LogP contribution in [0.4, 0.5) is 0 Å². The third-order valence-corrected chi connectivity index (χ3v) is 6.32. The van der Waals surface area contributed by atoms with Crippen LogP contribution in [0, 0.1) is 0 Å². The molecule has 2 aromatic heterocycles. The van der Waals surface area contributed by atoms with E-state index in [9.17, 15) is 4.79 Å². The molecule has 0 atom stereocenters. The summed E-state index contributed by atoms with van der Waals surface area (Å²) in [6, 6.07) is 9.42. The van der Waals surface area contributed by atoms with Crippen molar-refractivity contribution >= 4 is 62.2 Å². The lowest BCUT2D eigenvalue weighted by atomic mass is 10.3. The van der Waals surface area contributed by atoms with Crippen LogP contribution >= 0.6 is 46.0 Å². The van der Waals surface area contributed by atoms with Crippen LogP contribution in [0.3, 0.4) is 0 Å². The Morgan fingerprint density at radius 2 is 2.16 bits per heavy atom. The molecule has 0 unspecified atom stereocenters. The standard InChI is InChI=1S/C17H17ClN2O2S3/c1-3-22-11-4-5-12-14(10-11)25-17(20(12)8-9-23-2)19-16(21)13-6-7-15(18)24-13/h4-7,10H,3,8-9H2,1-2H3. The molecule has 0 bridgehead atoms. The highest BCUT2D eigenvalue weighted by Gasteiger charge is 2.11. The summed E-state index contributed by atoms with van der Waals surface area (Å²) in [5.74, 6) is 1.52. The number of rotatable bonds is 6. The molecule has 1 aromatic carbocycles. The molecule has 0 aliphatic rings. The van der Waals surface area contributed by atoms with E-state index in [1.807, 2.05) is 25.1 Å². The first-order valence-electron chi connectivity index (χ1n) is 7.72. The second kappa shape index (κ2) is 8.40. The minimum absolute atomic E-state index is 0.258. The van der Waals surface area contributed by atoms with Gasteiger partial charge in [-0.2, -0.15) is 16.8 Å². The molecule has 0 aliphatic heterocycles. The molecule has 0 spiro atoms. The molecule has 0 radical (unpaired) electrons. The van der Waals surface area contributed by atoms with Gasteiger partial charge in [0, 0.05) is 12.3 Å². The number of carbonyl (C=O) groups excluding carboxylic acids is 1. The number of thiophene rings is 1. The van der Waals surface area contributed by atoms with E-state index in [0.717, 1.165) is 28.3 Å². The molecule has 132 valence electrons. The number of hydrogen-bond donors (Lipinski definition) is 0. The van der Waals surface area contributed by atoms with Crippen LogP contribution in [0.5, 0.6) is 5.75 Å². The van der Waals surface area contributed by atoms with Crippen LogP contribution in [-0.2, 0) is 6.54 Å². The minimum atomic E-state index is -0.258. The quantitative estimate of drug-likeness (QED) is 0.577. The summed E-state index contributed by atoms with van der Waals surface area (Å²) < 4.78 is 9.32. The van der Waals surface area contributed by atoms with Gasteiger partial charge < -0.3 is 9.30 Å². The van der Waals surface area contributed by atoms with Crippen molar-refractivity contribution in [3.05, 3.63) is 44.3 Å². The Labute approximate surface area is 163 Å². The highest BCUT2D eigenvalue weighted by atomic mass is 35.5. The first-order valence-corrected chi connectivity index (χ1v) is 11.1. The second-order valence-corrected chi connectivity index (χ2v) is 8.82. The minimum Gasteiger partial charge on any atom is -0.494 e. The van der Waals surface area contributed by atoms with Gasteiger partial charge in [-0.15, -0.1) is 11.3 Å². The number of nitrogens with zero attached hydrogens (tertiary/aromatic N) is 2. The van der Waals surface area contributed by atoms with E-state index in [1.165, 1.54) is 22.7 Å². The number of carbonyl (C=O) groups is 1. The number of amides is 1. The van der Waals surface area contributed by atoms with E-state index in [1.54, 1.807) is 23.9 Å². The van der Waals surface area contributed by atoms with Gasteiger partial charge in [0.25, 0.3) is 5.91 Å². The van der Waals surface area contributed by atoms with Crippen molar-refractivity contribution in [2.75, 3.05) is 18.6 Å². The summed E-state index contributed by atoms with van der Waals surface area (Å²) in [5.41, 5.74) is 1.07. The molecule has 0 fully saturated rings. The second-order valence-electron chi connectivity index (χ2n) is 5.11. The van der Waals surface area contributed by atoms with Crippen molar-refractivity contribution in [2.45, 2.75) is 13.5 Å². The SMILES string of the molecule is CCOc1ccc2c(c1)sc(=NC(=O)c1ccc(Cl)s1)n2CCSC. The highest BCUT2D eigenvalue weighted by molar-refractivity contribution is 7.98. The highest BCUT2D eigenvalue weighted by Crippen LogP contribution is 2.25. The molecule has 1 amide bonds. The summed E-state index contributed by atoms with van der Waals surface area (Å²) in [6.07, 6.45) is 2.07. The van der Waals surface area contributed by atoms with Gasteiger partial charge in [0.05, 0.1) is 26.0 Å². The fraction of sp³-hybridized carbons (Fsp3) is 0.294. The lowest BCUT2D eigenvalue weighted by Crippen LogP contribution is -2.18. The maximum absolute atomic E-state index is 12.4. The predicted molar refractivity (Wildman–Crippen MR) is 109 cm³/mol. The molecule has 4 nitrogen and oxygen atoms in total. The average molecular weight is 413 g/mol. The van der Waals surface area contributed by atoms with Crippen molar-refractivity contribution in [3.63, 3.8) is 0 Å². The van der Waals surface area contributed by atoms with E-state index in [-0.39, 0.29) is 5.91 Å². The fourth-order valence-electron chi connectivity index (χ4n) is 2.37. The molecule has 8 heteroatoms. The first-order chi connectivity index (χ1) is 12.1. The number of hydrogen-bond acceptors (Lipinski definition) is 5. The number of thioether (sulfide) groups is 1. The Kier molecular flexibility index (Phi) is 6.22. The summed E-state index contributed by atoms with van der Waals surface area (Å²) in [5, 5.41) is 0. The maximum Gasteiger partial charge on any atom is 0.289 e. The van der Waals surface area contributed by atoms with E-state index in [2.05, 4.69) is 15.8 Å². The number of thiazole rings is 1. The number of benzene rings is 1. The normalized spacial score (nSPS) is 12.0. The number of halogens is 1. The largest absolute Gasteiger partial charge is 0.494 e. The van der Waals surface area contributed by atoms with Crippen molar-refractivity contribution in [1.29, 1.82) is 0 Å². The van der Waals surface area contributed by atoms with Gasteiger partial charge in [-0.1, -0.05) is 22.9 Å². The number of aryl methyl sites for hydroxylation is 1. The van der Waals surface area contributed by atoms with Crippen LogP contribution in [0.2, 0.25) is 4.34 Å². The third kappa shape index (κ3) is 4.28. The molecule has 0 aliphatic carbocycles. The Balaban J connectivity index is 2.08. The van der Waals surface area contributed by atoms with Crippen LogP contribution < -0.4 is 9.54 Å². The van der Waals surface area contributed by atoms with Gasteiger partial charge in [0.15, 0.2) is 4.80 Å². The van der Waals surface area contributed by atoms with E-state index in [0.29, 0.717) is 20.6 Å². The van der Waals surface area contributed by atoms with E-state index in [4.69, 9.17) is 16.3 Å². The van der Waals surface area contributed by atoms with Gasteiger partial charge >= 0.3 is 0 Å². The topological polar surface area (TPSA) is 43.6 Å². The molecule has 0 N–H and O–H groups in total. The monoisotopic (exact) mass is 412 g/mol. The Morgan fingerprint density at radius 3 is 2.84 bits per heavy atom. The molecular formula is C17H17ClN2O2S3. The molecular weight excluding hydrogens is 396 g/mol. The summed E-state index contributed by atoms with van der Waals surface area (Å²) in [6.45, 7) is 3.38. The van der Waals surface area contributed by atoms with Gasteiger partial charge in [0.2, 0.25) is 0 Å². The van der Waals surface area contributed by atoms with Crippen LogP contribution in [0.15, 0.2) is 35.3 Å². The maximum atomic E-state index is 12.4. The smallest absolute Gasteiger partial charge is 0.289 e.